The van der Waals surface area contributed by atoms with Crippen molar-refractivity contribution >= 4 is 46.7 Å². The van der Waals surface area contributed by atoms with Gasteiger partial charge in [0.05, 0.1) is 16.4 Å². The topological polar surface area (TPSA) is 61.9 Å². The van der Waals surface area contributed by atoms with E-state index < -0.39 is 17.7 Å². The lowest BCUT2D eigenvalue weighted by Gasteiger charge is -2.25. The Morgan fingerprint density at radius 2 is 1.93 bits per heavy atom. The molecule has 27 heavy (non-hydrogen) atoms. The van der Waals surface area contributed by atoms with Crippen LogP contribution in [0.15, 0.2) is 17.0 Å². The number of hydrogen-bond acceptors (Lipinski definition) is 5. The summed E-state index contributed by atoms with van der Waals surface area (Å²) in [6.07, 6.45) is 1.75. The number of thioether (sulfide) groups is 1. The molecule has 2 heterocycles. The summed E-state index contributed by atoms with van der Waals surface area (Å²) < 4.78 is 5.29. The average Bonchev–Trinajstić information content (AvgIpc) is 3.07. The first-order valence-electron chi connectivity index (χ1n) is 9.14. The fourth-order valence-corrected chi connectivity index (χ4v) is 4.65. The number of carbonyl (C=O) groups excluding carboxylic acids is 2. The summed E-state index contributed by atoms with van der Waals surface area (Å²) >= 11 is 8.07. The third-order valence-electron chi connectivity index (χ3n) is 4.56. The van der Waals surface area contributed by atoms with Crippen molar-refractivity contribution in [3.63, 3.8) is 0 Å². The van der Waals surface area contributed by atoms with Gasteiger partial charge in [0.15, 0.2) is 0 Å². The Labute approximate surface area is 169 Å². The minimum Gasteiger partial charge on any atom is -0.444 e. The summed E-state index contributed by atoms with van der Waals surface area (Å²) in [6, 6.07) is 3.26. The number of rotatable bonds is 2. The zero-order chi connectivity index (χ0) is 19.8. The molecule has 0 aliphatic carbocycles. The molecule has 1 saturated heterocycles. The van der Waals surface area contributed by atoms with Crippen LogP contribution in [0.25, 0.3) is 0 Å². The number of fused-ring (bicyclic) bond motifs is 1. The molecule has 8 heteroatoms. The van der Waals surface area contributed by atoms with Gasteiger partial charge in [-0.25, -0.2) is 4.79 Å². The van der Waals surface area contributed by atoms with Crippen LogP contribution >= 0.6 is 23.4 Å². The first kappa shape index (κ1) is 20.1. The van der Waals surface area contributed by atoms with Crippen molar-refractivity contribution in [1.29, 1.82) is 0 Å². The molecule has 1 aromatic carbocycles. The molecule has 0 radical (unpaired) electrons. The number of benzene rings is 1. The van der Waals surface area contributed by atoms with Gasteiger partial charge in [0.1, 0.15) is 11.6 Å². The molecule has 148 valence electrons. The molecule has 2 amide bonds. The number of anilines is 2. The summed E-state index contributed by atoms with van der Waals surface area (Å²) in [5.41, 5.74) is 1.17. The Bertz CT molecular complexity index is 744. The van der Waals surface area contributed by atoms with Crippen LogP contribution in [0.4, 0.5) is 16.2 Å². The number of nitrogens with zero attached hydrogens (tertiary/aromatic N) is 2. The average molecular weight is 412 g/mol. The van der Waals surface area contributed by atoms with E-state index in [9.17, 15) is 9.59 Å². The molecule has 1 aromatic rings. The number of likely N-dealkylation sites (N-methyl/N-ethyl adjacent to an activating group) is 1. The van der Waals surface area contributed by atoms with Crippen molar-refractivity contribution in [3.05, 3.63) is 17.2 Å². The molecule has 0 saturated carbocycles. The predicted molar refractivity (Wildman–Crippen MR) is 110 cm³/mol. The van der Waals surface area contributed by atoms with E-state index in [-0.39, 0.29) is 5.91 Å². The Kier molecular flexibility index (Phi) is 5.82. The molecule has 1 atom stereocenters. The first-order chi connectivity index (χ1) is 12.7. The third-order valence-corrected chi connectivity index (χ3v) is 6.00. The van der Waals surface area contributed by atoms with E-state index in [1.54, 1.807) is 44.5 Å². The third kappa shape index (κ3) is 4.63. The molecule has 0 aromatic heterocycles. The zero-order valence-electron chi connectivity index (χ0n) is 16.2. The standard InChI is InChI=1S/C19H26ClN3O3S/c1-19(2,3)26-18(25)21-13-11-27-16-10-14(23-7-5-6-8-23)12(20)9-15(16)22(4)17(13)24/h9-10,13H,5-8,11H2,1-4H3,(H,21,25)/t13-/m0/s1. The predicted octanol–water partition coefficient (Wildman–Crippen LogP) is 3.90. The number of carbonyl (C=O) groups is 2. The SMILES string of the molecule is CN1C(=O)[C@@H](NC(=O)OC(C)(C)C)CSc2cc(N3CCCC3)c(Cl)cc21. The van der Waals surface area contributed by atoms with E-state index in [0.717, 1.165) is 29.4 Å². The quantitative estimate of drug-likeness (QED) is 0.799. The fourth-order valence-electron chi connectivity index (χ4n) is 3.26. The summed E-state index contributed by atoms with van der Waals surface area (Å²) in [6.45, 7) is 7.38. The van der Waals surface area contributed by atoms with Crippen molar-refractivity contribution in [2.75, 3.05) is 35.7 Å². The van der Waals surface area contributed by atoms with Gasteiger partial charge in [-0.15, -0.1) is 11.8 Å². The van der Waals surface area contributed by atoms with Crippen LogP contribution in [0.5, 0.6) is 0 Å². The van der Waals surface area contributed by atoms with E-state index in [1.165, 1.54) is 12.8 Å². The van der Waals surface area contributed by atoms with Gasteiger partial charge >= 0.3 is 6.09 Å². The molecule has 2 aliphatic rings. The van der Waals surface area contributed by atoms with Crippen molar-refractivity contribution in [1.82, 2.24) is 5.32 Å². The van der Waals surface area contributed by atoms with Crippen LogP contribution in [-0.2, 0) is 9.53 Å². The molecule has 1 N–H and O–H groups in total. The second-order valence-electron chi connectivity index (χ2n) is 7.87. The van der Waals surface area contributed by atoms with Crippen molar-refractivity contribution in [2.45, 2.75) is 50.2 Å². The highest BCUT2D eigenvalue weighted by molar-refractivity contribution is 7.99. The van der Waals surface area contributed by atoms with Gasteiger partial charge < -0.3 is 19.9 Å². The maximum atomic E-state index is 12.9. The van der Waals surface area contributed by atoms with Crippen LogP contribution < -0.4 is 15.1 Å². The molecule has 2 aliphatic heterocycles. The highest BCUT2D eigenvalue weighted by Gasteiger charge is 2.32. The minimum atomic E-state index is -0.656. The van der Waals surface area contributed by atoms with Gasteiger partial charge in [-0.05, 0) is 45.7 Å². The lowest BCUT2D eigenvalue weighted by Crippen LogP contribution is -2.49. The van der Waals surface area contributed by atoms with Gasteiger partial charge in [0.25, 0.3) is 0 Å². The number of ether oxygens (including phenoxy) is 1. The fraction of sp³-hybridized carbons (Fsp3) is 0.579. The Hall–Kier alpha value is -1.60. The summed E-state index contributed by atoms with van der Waals surface area (Å²) in [4.78, 5) is 29.8. The Morgan fingerprint density at radius 3 is 2.56 bits per heavy atom. The molecule has 0 bridgehead atoms. The number of nitrogens with one attached hydrogen (secondary N) is 1. The smallest absolute Gasteiger partial charge is 0.408 e. The van der Waals surface area contributed by atoms with Gasteiger partial charge in [0.2, 0.25) is 5.91 Å². The maximum absolute atomic E-state index is 12.9. The minimum absolute atomic E-state index is 0.183. The molecule has 0 spiro atoms. The Balaban J connectivity index is 1.81. The van der Waals surface area contributed by atoms with E-state index in [0.29, 0.717) is 10.8 Å². The molecular weight excluding hydrogens is 386 g/mol. The summed E-state index contributed by atoms with van der Waals surface area (Å²) in [7, 11) is 1.71. The van der Waals surface area contributed by atoms with Gasteiger partial charge in [-0.1, -0.05) is 11.6 Å². The molecule has 6 nitrogen and oxygen atoms in total. The van der Waals surface area contributed by atoms with Crippen molar-refractivity contribution in [2.24, 2.45) is 0 Å². The molecule has 1 fully saturated rings. The molecular formula is C19H26ClN3O3S. The van der Waals surface area contributed by atoms with E-state index in [2.05, 4.69) is 16.3 Å². The van der Waals surface area contributed by atoms with Crippen molar-refractivity contribution < 1.29 is 14.3 Å². The van der Waals surface area contributed by atoms with E-state index in [1.807, 2.05) is 6.07 Å². The van der Waals surface area contributed by atoms with Gasteiger partial charge in [-0.2, -0.15) is 0 Å². The summed E-state index contributed by atoms with van der Waals surface area (Å²) in [5.74, 6) is 0.258. The van der Waals surface area contributed by atoms with Gasteiger partial charge in [-0.3, -0.25) is 4.79 Å². The van der Waals surface area contributed by atoms with Gasteiger partial charge in [0, 0.05) is 30.8 Å². The maximum Gasteiger partial charge on any atom is 0.408 e. The van der Waals surface area contributed by atoms with Crippen LogP contribution in [0, 0.1) is 0 Å². The van der Waals surface area contributed by atoms with E-state index >= 15 is 0 Å². The highest BCUT2D eigenvalue weighted by Crippen LogP contribution is 2.41. The Morgan fingerprint density at radius 1 is 1.26 bits per heavy atom. The highest BCUT2D eigenvalue weighted by atomic mass is 35.5. The monoisotopic (exact) mass is 411 g/mol. The normalized spacial score (nSPS) is 20.3. The zero-order valence-corrected chi connectivity index (χ0v) is 17.7. The lowest BCUT2D eigenvalue weighted by molar-refractivity contribution is -0.119. The number of amides is 2. The largest absolute Gasteiger partial charge is 0.444 e. The number of hydrogen-bond donors (Lipinski definition) is 1. The number of halogens is 1. The lowest BCUT2D eigenvalue weighted by atomic mass is 10.2. The first-order valence-corrected chi connectivity index (χ1v) is 10.5. The summed E-state index contributed by atoms with van der Waals surface area (Å²) in [5, 5.41) is 3.35. The van der Waals surface area contributed by atoms with Crippen LogP contribution in [0.1, 0.15) is 33.6 Å². The van der Waals surface area contributed by atoms with E-state index in [4.69, 9.17) is 16.3 Å². The number of alkyl carbamates (subject to hydrolysis) is 1. The van der Waals surface area contributed by atoms with Crippen molar-refractivity contribution in [3.8, 4) is 0 Å². The second-order valence-corrected chi connectivity index (χ2v) is 9.34. The van der Waals surface area contributed by atoms with Crippen LogP contribution in [-0.4, -0.2) is 49.5 Å². The molecule has 3 rings (SSSR count). The van der Waals surface area contributed by atoms with Crippen LogP contribution in [0.2, 0.25) is 5.02 Å². The van der Waals surface area contributed by atoms with Crippen LogP contribution in [0.3, 0.4) is 0 Å². The molecule has 0 unspecified atom stereocenters. The second kappa shape index (κ2) is 7.80.